The molecule has 1 aromatic heterocycles. The van der Waals surface area contributed by atoms with Crippen LogP contribution in [-0.2, 0) is 4.79 Å². The third kappa shape index (κ3) is 5.27. The highest BCUT2D eigenvalue weighted by molar-refractivity contribution is 5.90. The van der Waals surface area contributed by atoms with E-state index in [1.54, 1.807) is 30.5 Å². The Bertz CT molecular complexity index is 1020. The fourth-order valence-electron chi connectivity index (χ4n) is 4.09. The SMILES string of the molecule is O=C(CC1CCCCC1)Nc1ncc(-c2ccc(O)cc2)nc1C(O)c1ccccc1. The number of anilines is 1. The van der Waals surface area contributed by atoms with E-state index in [9.17, 15) is 15.0 Å². The summed E-state index contributed by atoms with van der Waals surface area (Å²) in [6.45, 7) is 0. The number of aliphatic hydroxyl groups excluding tert-OH is 1. The van der Waals surface area contributed by atoms with Crippen molar-refractivity contribution >= 4 is 11.7 Å². The first-order chi connectivity index (χ1) is 15.1. The molecule has 1 atom stereocenters. The van der Waals surface area contributed by atoms with Crippen LogP contribution < -0.4 is 5.32 Å². The Hall–Kier alpha value is -3.25. The summed E-state index contributed by atoms with van der Waals surface area (Å²) in [4.78, 5) is 21.8. The zero-order valence-electron chi connectivity index (χ0n) is 17.4. The average molecular weight is 418 g/mol. The fourth-order valence-corrected chi connectivity index (χ4v) is 4.09. The standard InChI is InChI=1S/C25H27N3O3/c29-20-13-11-18(12-14-20)21-16-26-25(28-22(30)15-17-7-3-1-4-8-17)23(27-21)24(31)19-9-5-2-6-10-19/h2,5-6,9-14,16-17,24,29,31H,1,3-4,7-8,15H2,(H,26,28,30). The molecule has 1 heterocycles. The van der Waals surface area contributed by atoms with E-state index in [1.165, 1.54) is 19.3 Å². The number of benzene rings is 2. The predicted octanol–water partition coefficient (Wildman–Crippen LogP) is 4.84. The Balaban J connectivity index is 1.63. The number of aromatic nitrogens is 2. The van der Waals surface area contributed by atoms with E-state index in [0.717, 1.165) is 18.4 Å². The Morgan fingerprint density at radius 2 is 1.74 bits per heavy atom. The maximum Gasteiger partial charge on any atom is 0.225 e. The lowest BCUT2D eigenvalue weighted by atomic mass is 9.87. The van der Waals surface area contributed by atoms with E-state index in [2.05, 4.69) is 15.3 Å². The van der Waals surface area contributed by atoms with Gasteiger partial charge in [0.2, 0.25) is 5.91 Å². The molecule has 0 aliphatic heterocycles. The number of rotatable bonds is 6. The zero-order valence-corrected chi connectivity index (χ0v) is 17.4. The fraction of sp³-hybridized carbons (Fsp3) is 0.320. The molecule has 6 nitrogen and oxygen atoms in total. The number of aliphatic hydroxyl groups is 1. The van der Waals surface area contributed by atoms with Crippen LogP contribution in [0.15, 0.2) is 60.8 Å². The van der Waals surface area contributed by atoms with Crippen molar-refractivity contribution in [1.82, 2.24) is 9.97 Å². The molecule has 1 amide bonds. The third-order valence-electron chi connectivity index (χ3n) is 5.79. The van der Waals surface area contributed by atoms with Gasteiger partial charge in [-0.05, 0) is 48.6 Å². The molecule has 1 fully saturated rings. The van der Waals surface area contributed by atoms with Crippen molar-refractivity contribution in [3.8, 4) is 17.0 Å². The topological polar surface area (TPSA) is 95.3 Å². The largest absolute Gasteiger partial charge is 0.508 e. The lowest BCUT2D eigenvalue weighted by molar-refractivity contribution is -0.117. The summed E-state index contributed by atoms with van der Waals surface area (Å²) in [5, 5.41) is 23.5. The van der Waals surface area contributed by atoms with E-state index in [4.69, 9.17) is 0 Å². The summed E-state index contributed by atoms with van der Waals surface area (Å²) in [5.74, 6) is 0.744. The van der Waals surface area contributed by atoms with Crippen LogP contribution in [-0.4, -0.2) is 26.1 Å². The summed E-state index contributed by atoms with van der Waals surface area (Å²) >= 11 is 0. The Morgan fingerprint density at radius 3 is 2.45 bits per heavy atom. The number of hydrogen-bond donors (Lipinski definition) is 3. The summed E-state index contributed by atoms with van der Waals surface area (Å²) in [5.41, 5.74) is 2.28. The number of nitrogens with one attached hydrogen (secondary N) is 1. The smallest absolute Gasteiger partial charge is 0.225 e. The van der Waals surface area contributed by atoms with Crippen molar-refractivity contribution in [2.75, 3.05) is 5.32 Å². The average Bonchev–Trinajstić information content (AvgIpc) is 2.80. The molecule has 3 N–H and O–H groups in total. The number of nitrogens with zero attached hydrogens (tertiary/aromatic N) is 2. The van der Waals surface area contributed by atoms with Crippen LogP contribution >= 0.6 is 0 Å². The predicted molar refractivity (Wildman–Crippen MR) is 119 cm³/mol. The van der Waals surface area contributed by atoms with Gasteiger partial charge in [0.25, 0.3) is 0 Å². The zero-order chi connectivity index (χ0) is 21.6. The maximum absolute atomic E-state index is 12.7. The monoisotopic (exact) mass is 417 g/mol. The van der Waals surface area contributed by atoms with E-state index in [0.29, 0.717) is 29.3 Å². The first-order valence-corrected chi connectivity index (χ1v) is 10.8. The minimum Gasteiger partial charge on any atom is -0.508 e. The van der Waals surface area contributed by atoms with Crippen LogP contribution in [0, 0.1) is 5.92 Å². The molecule has 0 saturated heterocycles. The second kappa shape index (κ2) is 9.71. The quantitative estimate of drug-likeness (QED) is 0.533. The minimum atomic E-state index is -1.03. The lowest BCUT2D eigenvalue weighted by Crippen LogP contribution is -2.21. The molecule has 3 aromatic rings. The summed E-state index contributed by atoms with van der Waals surface area (Å²) in [7, 11) is 0. The highest BCUT2D eigenvalue weighted by atomic mass is 16.3. The molecule has 0 bridgehead atoms. The van der Waals surface area contributed by atoms with Crippen molar-refractivity contribution in [3.63, 3.8) is 0 Å². The lowest BCUT2D eigenvalue weighted by Gasteiger charge is -2.21. The Morgan fingerprint density at radius 1 is 1.03 bits per heavy atom. The van der Waals surface area contributed by atoms with Crippen molar-refractivity contribution < 1.29 is 15.0 Å². The molecule has 4 rings (SSSR count). The normalized spacial score (nSPS) is 15.4. The molecule has 0 spiro atoms. The van der Waals surface area contributed by atoms with Gasteiger partial charge in [0.1, 0.15) is 17.5 Å². The Labute approximate surface area is 182 Å². The number of amides is 1. The van der Waals surface area contributed by atoms with E-state index in [-0.39, 0.29) is 17.5 Å². The van der Waals surface area contributed by atoms with E-state index in [1.807, 2.05) is 30.3 Å². The summed E-state index contributed by atoms with van der Waals surface area (Å²) in [6, 6.07) is 15.8. The number of phenols is 1. The van der Waals surface area contributed by atoms with Gasteiger partial charge < -0.3 is 15.5 Å². The van der Waals surface area contributed by atoms with E-state index < -0.39 is 6.10 Å². The second-order valence-corrected chi connectivity index (χ2v) is 8.11. The highest BCUT2D eigenvalue weighted by Gasteiger charge is 2.22. The number of aromatic hydroxyl groups is 1. The molecule has 1 saturated carbocycles. The van der Waals surface area contributed by atoms with Gasteiger partial charge >= 0.3 is 0 Å². The number of hydrogen-bond acceptors (Lipinski definition) is 5. The van der Waals surface area contributed by atoms with Crippen LogP contribution in [0.25, 0.3) is 11.3 Å². The van der Waals surface area contributed by atoms with Crippen LogP contribution in [0.3, 0.4) is 0 Å². The molecule has 1 aliphatic carbocycles. The van der Waals surface area contributed by atoms with Gasteiger partial charge in [0.15, 0.2) is 5.82 Å². The van der Waals surface area contributed by atoms with Gasteiger partial charge in [-0.25, -0.2) is 9.97 Å². The first kappa shape index (κ1) is 21.0. The number of carbonyl (C=O) groups excluding carboxylic acids is 1. The van der Waals surface area contributed by atoms with Gasteiger partial charge in [-0.2, -0.15) is 0 Å². The maximum atomic E-state index is 12.7. The van der Waals surface area contributed by atoms with Crippen LogP contribution in [0.4, 0.5) is 5.82 Å². The van der Waals surface area contributed by atoms with Crippen LogP contribution in [0.2, 0.25) is 0 Å². The Kier molecular flexibility index (Phi) is 6.57. The van der Waals surface area contributed by atoms with Gasteiger partial charge in [-0.1, -0.05) is 49.6 Å². The van der Waals surface area contributed by atoms with E-state index >= 15 is 0 Å². The highest BCUT2D eigenvalue weighted by Crippen LogP contribution is 2.30. The van der Waals surface area contributed by atoms with Crippen molar-refractivity contribution in [3.05, 3.63) is 72.1 Å². The van der Waals surface area contributed by atoms with Crippen molar-refractivity contribution in [2.45, 2.75) is 44.6 Å². The van der Waals surface area contributed by atoms with Crippen LogP contribution in [0.1, 0.15) is 55.9 Å². The van der Waals surface area contributed by atoms with Gasteiger partial charge in [0.05, 0.1) is 11.9 Å². The number of carbonyl (C=O) groups is 1. The summed E-state index contributed by atoms with van der Waals surface area (Å²) < 4.78 is 0. The first-order valence-electron chi connectivity index (χ1n) is 10.8. The molecule has 0 radical (unpaired) electrons. The van der Waals surface area contributed by atoms with Gasteiger partial charge in [-0.15, -0.1) is 0 Å². The molecule has 31 heavy (non-hydrogen) atoms. The van der Waals surface area contributed by atoms with Crippen molar-refractivity contribution in [1.29, 1.82) is 0 Å². The molecule has 1 aliphatic rings. The van der Waals surface area contributed by atoms with Gasteiger partial charge in [0, 0.05) is 12.0 Å². The third-order valence-corrected chi connectivity index (χ3v) is 5.79. The molecule has 1 unspecified atom stereocenters. The molecular formula is C25H27N3O3. The molecule has 160 valence electrons. The van der Waals surface area contributed by atoms with Gasteiger partial charge in [-0.3, -0.25) is 4.79 Å². The number of phenolic OH excluding ortho intramolecular Hbond substituents is 1. The van der Waals surface area contributed by atoms with Crippen molar-refractivity contribution in [2.24, 2.45) is 5.92 Å². The summed E-state index contributed by atoms with van der Waals surface area (Å²) in [6.07, 6.45) is 6.77. The molecule has 6 heteroatoms. The second-order valence-electron chi connectivity index (χ2n) is 8.11. The molecular weight excluding hydrogens is 390 g/mol. The minimum absolute atomic E-state index is 0.0971. The van der Waals surface area contributed by atoms with Crippen LogP contribution in [0.5, 0.6) is 5.75 Å². The molecule has 2 aromatic carbocycles.